The Labute approximate surface area is 128 Å². The van der Waals surface area contributed by atoms with Gasteiger partial charge in [0.2, 0.25) is 0 Å². The van der Waals surface area contributed by atoms with Gasteiger partial charge in [-0.1, -0.05) is 19.9 Å². The molecule has 0 aliphatic heterocycles. The lowest BCUT2D eigenvalue weighted by atomic mass is 10.2. The first-order valence-electron chi connectivity index (χ1n) is 6.64. The van der Waals surface area contributed by atoms with Gasteiger partial charge in [0.15, 0.2) is 0 Å². The summed E-state index contributed by atoms with van der Waals surface area (Å²) in [5, 5.41) is 0. The first-order valence-corrected chi connectivity index (χ1v) is 7.43. The molecule has 0 atom stereocenters. The molecule has 0 aromatic carbocycles. The first-order chi connectivity index (χ1) is 9.45. The predicted molar refractivity (Wildman–Crippen MR) is 84.9 cm³/mol. The highest BCUT2D eigenvalue weighted by Gasteiger charge is 2.10. The Kier molecular flexibility index (Phi) is 4.70. The zero-order chi connectivity index (χ0) is 14.7. The van der Waals surface area contributed by atoms with Gasteiger partial charge < -0.3 is 4.90 Å². The van der Waals surface area contributed by atoms with Crippen LogP contribution >= 0.6 is 15.9 Å². The lowest BCUT2D eigenvalue weighted by molar-refractivity contribution is 0.754. The number of hydrogen-bond acceptors (Lipinski definition) is 4. The fourth-order valence-corrected chi connectivity index (χ4v) is 2.27. The molecular weight excluding hydrogens is 316 g/mol. The van der Waals surface area contributed by atoms with Crippen molar-refractivity contribution >= 4 is 21.7 Å². The van der Waals surface area contributed by atoms with Crippen molar-refractivity contribution in [1.82, 2.24) is 15.0 Å². The van der Waals surface area contributed by atoms with Crippen molar-refractivity contribution in [3.05, 3.63) is 46.1 Å². The summed E-state index contributed by atoms with van der Waals surface area (Å²) in [5.41, 5.74) is 2.07. The summed E-state index contributed by atoms with van der Waals surface area (Å²) in [6.45, 7) is 6.91. The van der Waals surface area contributed by atoms with E-state index in [1.54, 1.807) is 0 Å². The molecule has 0 spiro atoms. The molecule has 0 bridgehead atoms. The number of halogens is 1. The van der Waals surface area contributed by atoms with Gasteiger partial charge >= 0.3 is 0 Å². The normalized spacial score (nSPS) is 10.9. The zero-order valence-corrected chi connectivity index (χ0v) is 13.8. The fraction of sp³-hybridized carbons (Fsp3) is 0.400. The van der Waals surface area contributed by atoms with E-state index in [0.717, 1.165) is 34.2 Å². The van der Waals surface area contributed by atoms with Crippen LogP contribution in [0.1, 0.15) is 37.0 Å². The van der Waals surface area contributed by atoms with Crippen LogP contribution in [-0.4, -0.2) is 22.0 Å². The van der Waals surface area contributed by atoms with Gasteiger partial charge in [0.1, 0.15) is 16.2 Å². The van der Waals surface area contributed by atoms with E-state index in [1.165, 1.54) is 0 Å². The second-order valence-electron chi connectivity index (χ2n) is 5.19. The molecule has 2 rings (SSSR count). The van der Waals surface area contributed by atoms with Crippen molar-refractivity contribution < 1.29 is 0 Å². The van der Waals surface area contributed by atoms with Gasteiger partial charge in [0.05, 0.1) is 12.2 Å². The van der Waals surface area contributed by atoms with E-state index in [9.17, 15) is 0 Å². The molecule has 4 nitrogen and oxygen atoms in total. The third kappa shape index (κ3) is 3.76. The van der Waals surface area contributed by atoms with Crippen LogP contribution in [0.5, 0.6) is 0 Å². The number of aromatic nitrogens is 3. The summed E-state index contributed by atoms with van der Waals surface area (Å²) >= 11 is 3.45. The molecule has 0 N–H and O–H groups in total. The fourth-order valence-electron chi connectivity index (χ4n) is 1.89. The van der Waals surface area contributed by atoms with Gasteiger partial charge in [-0.2, -0.15) is 0 Å². The Hall–Kier alpha value is -1.49. The topological polar surface area (TPSA) is 41.9 Å². The Bertz CT molecular complexity index is 598. The van der Waals surface area contributed by atoms with Crippen LogP contribution in [0, 0.1) is 6.92 Å². The summed E-state index contributed by atoms with van der Waals surface area (Å²) in [5.74, 6) is 2.05. The smallest absolute Gasteiger partial charge is 0.134 e. The maximum atomic E-state index is 4.61. The molecule has 2 aromatic rings. The van der Waals surface area contributed by atoms with Crippen molar-refractivity contribution in [3.8, 4) is 0 Å². The minimum atomic E-state index is 0.303. The van der Waals surface area contributed by atoms with Crippen LogP contribution in [0.3, 0.4) is 0 Å². The van der Waals surface area contributed by atoms with Crippen LogP contribution in [0.4, 0.5) is 5.82 Å². The highest BCUT2D eigenvalue weighted by molar-refractivity contribution is 9.10. The van der Waals surface area contributed by atoms with E-state index in [2.05, 4.69) is 49.6 Å². The molecule has 5 heteroatoms. The highest BCUT2D eigenvalue weighted by Crippen LogP contribution is 2.20. The number of nitrogens with zero attached hydrogens (tertiary/aromatic N) is 4. The molecule has 0 radical (unpaired) electrons. The van der Waals surface area contributed by atoms with Crippen molar-refractivity contribution in [2.24, 2.45) is 0 Å². The number of anilines is 1. The van der Waals surface area contributed by atoms with Gasteiger partial charge in [-0.25, -0.2) is 9.97 Å². The van der Waals surface area contributed by atoms with Crippen molar-refractivity contribution in [1.29, 1.82) is 0 Å². The van der Waals surface area contributed by atoms with Crippen LogP contribution in [0.15, 0.2) is 28.9 Å². The van der Waals surface area contributed by atoms with Crippen molar-refractivity contribution in [2.45, 2.75) is 33.2 Å². The maximum Gasteiger partial charge on any atom is 0.134 e. The predicted octanol–water partition coefficient (Wildman–Crippen LogP) is 3.70. The number of rotatable bonds is 4. The lowest BCUT2D eigenvalue weighted by Crippen LogP contribution is -2.19. The molecule has 0 aliphatic rings. The SMILES string of the molecule is Cc1cccc(CN(C)c2cc(Br)nc(C(C)C)n2)n1. The third-order valence-corrected chi connectivity index (χ3v) is 3.36. The average molecular weight is 335 g/mol. The van der Waals surface area contributed by atoms with E-state index in [1.807, 2.05) is 38.2 Å². The van der Waals surface area contributed by atoms with Gasteiger partial charge in [-0.15, -0.1) is 0 Å². The standard InChI is InChI=1S/C15H19BrN4/c1-10(2)15-18-13(16)8-14(19-15)20(4)9-12-7-5-6-11(3)17-12/h5-8,10H,9H2,1-4H3. The Morgan fingerprint density at radius 3 is 2.60 bits per heavy atom. The largest absolute Gasteiger partial charge is 0.354 e. The highest BCUT2D eigenvalue weighted by atomic mass is 79.9. The molecule has 0 saturated heterocycles. The molecule has 0 saturated carbocycles. The molecule has 2 aromatic heterocycles. The second-order valence-corrected chi connectivity index (χ2v) is 6.00. The minimum Gasteiger partial charge on any atom is -0.354 e. The molecule has 0 amide bonds. The lowest BCUT2D eigenvalue weighted by Gasteiger charge is -2.19. The van der Waals surface area contributed by atoms with E-state index < -0.39 is 0 Å². The number of pyridine rings is 1. The van der Waals surface area contributed by atoms with Crippen LogP contribution in [0.2, 0.25) is 0 Å². The quantitative estimate of drug-likeness (QED) is 0.799. The summed E-state index contributed by atoms with van der Waals surface area (Å²) in [4.78, 5) is 15.6. The van der Waals surface area contributed by atoms with Gasteiger partial charge in [0, 0.05) is 24.7 Å². The van der Waals surface area contributed by atoms with E-state index in [0.29, 0.717) is 5.92 Å². The summed E-state index contributed by atoms with van der Waals surface area (Å²) < 4.78 is 0.815. The van der Waals surface area contributed by atoms with Crippen molar-refractivity contribution in [2.75, 3.05) is 11.9 Å². The molecule has 106 valence electrons. The van der Waals surface area contributed by atoms with Gasteiger partial charge in [-0.05, 0) is 35.0 Å². The van der Waals surface area contributed by atoms with E-state index >= 15 is 0 Å². The van der Waals surface area contributed by atoms with E-state index in [-0.39, 0.29) is 0 Å². The van der Waals surface area contributed by atoms with Crippen LogP contribution in [-0.2, 0) is 6.54 Å². The van der Waals surface area contributed by atoms with Gasteiger partial charge in [0.25, 0.3) is 0 Å². The van der Waals surface area contributed by atoms with Crippen LogP contribution < -0.4 is 4.90 Å². The Morgan fingerprint density at radius 1 is 1.20 bits per heavy atom. The molecule has 0 fully saturated rings. The number of aryl methyl sites for hydroxylation is 1. The molecular formula is C15H19BrN4. The molecule has 2 heterocycles. The Morgan fingerprint density at radius 2 is 1.95 bits per heavy atom. The summed E-state index contributed by atoms with van der Waals surface area (Å²) in [7, 11) is 2.02. The molecule has 0 unspecified atom stereocenters. The summed E-state index contributed by atoms with van der Waals surface area (Å²) in [6.07, 6.45) is 0. The van der Waals surface area contributed by atoms with E-state index in [4.69, 9.17) is 0 Å². The molecule has 20 heavy (non-hydrogen) atoms. The van der Waals surface area contributed by atoms with Crippen LogP contribution in [0.25, 0.3) is 0 Å². The molecule has 0 aliphatic carbocycles. The monoisotopic (exact) mass is 334 g/mol. The summed E-state index contributed by atoms with van der Waals surface area (Å²) in [6, 6.07) is 7.99. The first kappa shape index (κ1) is 14.9. The Balaban J connectivity index is 2.22. The second kappa shape index (κ2) is 6.31. The van der Waals surface area contributed by atoms with Crippen molar-refractivity contribution in [3.63, 3.8) is 0 Å². The van der Waals surface area contributed by atoms with Gasteiger partial charge in [-0.3, -0.25) is 4.98 Å². The zero-order valence-electron chi connectivity index (χ0n) is 12.3. The third-order valence-electron chi connectivity index (χ3n) is 2.95. The average Bonchev–Trinajstić information content (AvgIpc) is 2.37. The maximum absolute atomic E-state index is 4.61. The number of hydrogen-bond donors (Lipinski definition) is 0. The minimum absolute atomic E-state index is 0.303.